The van der Waals surface area contributed by atoms with E-state index in [0.29, 0.717) is 18.7 Å². The Bertz CT molecular complexity index is 587. The predicted molar refractivity (Wildman–Crippen MR) is 102 cm³/mol. The topological polar surface area (TPSA) is 63.6 Å². The summed E-state index contributed by atoms with van der Waals surface area (Å²) in [6.45, 7) is 8.02. The minimum atomic E-state index is -0.408. The highest BCUT2D eigenvalue weighted by molar-refractivity contribution is 6.03. The number of ether oxygens (including phenoxy) is 1. The van der Waals surface area contributed by atoms with E-state index in [1.165, 1.54) is 0 Å². The Hall–Kier alpha value is -1.75. The number of rotatable bonds is 8. The van der Waals surface area contributed by atoms with Gasteiger partial charge in [-0.1, -0.05) is 20.8 Å². The molecule has 0 saturated carbocycles. The molecule has 0 aromatic carbocycles. The zero-order chi connectivity index (χ0) is 18.3. The van der Waals surface area contributed by atoms with Gasteiger partial charge in [-0.2, -0.15) is 0 Å². The van der Waals surface area contributed by atoms with Crippen LogP contribution in [0.1, 0.15) is 58.4 Å². The van der Waals surface area contributed by atoms with Crippen molar-refractivity contribution >= 4 is 11.5 Å². The summed E-state index contributed by atoms with van der Waals surface area (Å²) in [4.78, 5) is 21.2. The van der Waals surface area contributed by atoms with E-state index in [1.54, 1.807) is 13.2 Å². The Morgan fingerprint density at radius 2 is 2.08 bits per heavy atom. The number of carbonyl (C=O) groups is 1. The summed E-state index contributed by atoms with van der Waals surface area (Å²) in [5.41, 5.74) is 1.46. The summed E-state index contributed by atoms with van der Waals surface area (Å²) in [5, 5.41) is 3.33. The maximum Gasteiger partial charge on any atom is 0.213 e. The minimum absolute atomic E-state index is 0.240. The van der Waals surface area contributed by atoms with Crippen LogP contribution in [0, 0.1) is 5.41 Å². The van der Waals surface area contributed by atoms with Crippen molar-refractivity contribution < 1.29 is 9.53 Å². The molecular formula is C20H31N3O2. The summed E-state index contributed by atoms with van der Waals surface area (Å²) in [5.74, 6) is 0.947. The molecule has 1 aromatic rings. The molecule has 1 aliphatic rings. The zero-order valence-electron chi connectivity index (χ0n) is 16.0. The average molecular weight is 345 g/mol. The van der Waals surface area contributed by atoms with Gasteiger partial charge in [0.1, 0.15) is 11.9 Å². The van der Waals surface area contributed by atoms with E-state index in [-0.39, 0.29) is 11.9 Å². The fourth-order valence-corrected chi connectivity index (χ4v) is 3.10. The number of nitrogens with zero attached hydrogens (tertiary/aromatic N) is 2. The van der Waals surface area contributed by atoms with E-state index in [4.69, 9.17) is 4.74 Å². The molecule has 1 saturated heterocycles. The number of ketones is 1. The molecule has 5 heteroatoms. The molecule has 0 spiro atoms. The maximum atomic E-state index is 12.3. The van der Waals surface area contributed by atoms with Crippen molar-refractivity contribution in [1.29, 1.82) is 0 Å². The van der Waals surface area contributed by atoms with Gasteiger partial charge < -0.3 is 10.1 Å². The Balaban J connectivity index is 2.02. The van der Waals surface area contributed by atoms with Crippen molar-refractivity contribution in [2.45, 2.75) is 59.0 Å². The van der Waals surface area contributed by atoms with Crippen molar-refractivity contribution in [2.75, 3.05) is 20.1 Å². The number of hydrogen-bond donors (Lipinski definition) is 1. The fourth-order valence-electron chi connectivity index (χ4n) is 3.10. The highest BCUT2D eigenvalue weighted by Crippen LogP contribution is 2.27. The van der Waals surface area contributed by atoms with Gasteiger partial charge in [-0.05, 0) is 38.4 Å². The van der Waals surface area contributed by atoms with Crippen molar-refractivity contribution in [2.24, 2.45) is 10.4 Å². The van der Waals surface area contributed by atoms with Gasteiger partial charge in [0.15, 0.2) is 0 Å². The van der Waals surface area contributed by atoms with Gasteiger partial charge in [0.25, 0.3) is 0 Å². The van der Waals surface area contributed by atoms with Crippen molar-refractivity contribution in [3.63, 3.8) is 0 Å². The van der Waals surface area contributed by atoms with E-state index in [2.05, 4.69) is 15.3 Å². The standard InChI is InChI=1S/C20H31N3O2/c1-5-6-18(24)20(2,3)13-17(21-4)15-7-8-19(23-14-15)25-16-9-11-22-12-10-16/h7-8,14,16,22H,5-6,9-13H2,1-4H3/b21-17+. The van der Waals surface area contributed by atoms with Crippen LogP contribution in [0.25, 0.3) is 0 Å². The van der Waals surface area contributed by atoms with Gasteiger partial charge in [-0.25, -0.2) is 4.98 Å². The van der Waals surface area contributed by atoms with Crippen LogP contribution >= 0.6 is 0 Å². The molecule has 5 nitrogen and oxygen atoms in total. The van der Waals surface area contributed by atoms with E-state index >= 15 is 0 Å². The molecule has 138 valence electrons. The molecule has 25 heavy (non-hydrogen) atoms. The van der Waals surface area contributed by atoms with Gasteiger partial charge in [0.05, 0.1) is 0 Å². The van der Waals surface area contributed by atoms with E-state index in [1.807, 2.05) is 32.9 Å². The van der Waals surface area contributed by atoms with Crippen molar-refractivity contribution in [3.05, 3.63) is 23.9 Å². The van der Waals surface area contributed by atoms with Crippen LogP contribution in [0.4, 0.5) is 0 Å². The number of aliphatic imine (C=N–C) groups is 1. The monoisotopic (exact) mass is 345 g/mol. The van der Waals surface area contributed by atoms with E-state index in [9.17, 15) is 4.79 Å². The van der Waals surface area contributed by atoms with Crippen LogP contribution in [-0.4, -0.2) is 42.7 Å². The van der Waals surface area contributed by atoms with E-state index in [0.717, 1.165) is 43.6 Å². The summed E-state index contributed by atoms with van der Waals surface area (Å²) in [7, 11) is 1.77. The van der Waals surface area contributed by atoms with Crippen LogP contribution < -0.4 is 10.1 Å². The van der Waals surface area contributed by atoms with Gasteiger partial charge in [-0.3, -0.25) is 9.79 Å². The third kappa shape index (κ3) is 5.63. The quantitative estimate of drug-likeness (QED) is 0.733. The number of aromatic nitrogens is 1. The number of hydrogen-bond acceptors (Lipinski definition) is 5. The molecule has 0 amide bonds. The summed E-state index contributed by atoms with van der Waals surface area (Å²) >= 11 is 0. The third-order valence-corrected chi connectivity index (χ3v) is 4.75. The summed E-state index contributed by atoms with van der Waals surface area (Å²) < 4.78 is 5.95. The fraction of sp³-hybridized carbons (Fsp3) is 0.650. The molecule has 0 bridgehead atoms. The first kappa shape index (κ1) is 19.6. The number of pyridine rings is 1. The molecule has 0 radical (unpaired) electrons. The van der Waals surface area contributed by atoms with Gasteiger partial charge in [0, 0.05) is 48.8 Å². The third-order valence-electron chi connectivity index (χ3n) is 4.75. The molecule has 2 heterocycles. The number of nitrogens with one attached hydrogen (secondary N) is 1. The van der Waals surface area contributed by atoms with Crippen LogP contribution in [-0.2, 0) is 4.79 Å². The normalized spacial score (nSPS) is 16.7. The predicted octanol–water partition coefficient (Wildman–Crippen LogP) is 3.42. The molecule has 1 N–H and O–H groups in total. The number of Topliss-reactive ketones (excluding diaryl/α,β-unsaturated/α-hetero) is 1. The van der Waals surface area contributed by atoms with Crippen LogP contribution in [0.2, 0.25) is 0 Å². The molecule has 1 fully saturated rings. The smallest absolute Gasteiger partial charge is 0.213 e. The van der Waals surface area contributed by atoms with Crippen molar-refractivity contribution in [1.82, 2.24) is 10.3 Å². The molecule has 2 rings (SSSR count). The molecule has 0 aliphatic carbocycles. The van der Waals surface area contributed by atoms with Gasteiger partial charge in [-0.15, -0.1) is 0 Å². The highest BCUT2D eigenvalue weighted by Gasteiger charge is 2.28. The minimum Gasteiger partial charge on any atom is -0.474 e. The Labute approximate surface area is 151 Å². The van der Waals surface area contributed by atoms with Gasteiger partial charge in [0.2, 0.25) is 5.88 Å². The number of carbonyl (C=O) groups excluding carboxylic acids is 1. The first-order chi connectivity index (χ1) is 12.0. The average Bonchev–Trinajstić information content (AvgIpc) is 2.61. The summed E-state index contributed by atoms with van der Waals surface area (Å²) in [6.07, 6.45) is 6.19. The summed E-state index contributed by atoms with van der Waals surface area (Å²) in [6, 6.07) is 3.90. The maximum absolute atomic E-state index is 12.3. The molecule has 0 unspecified atom stereocenters. The second-order valence-electron chi connectivity index (χ2n) is 7.36. The molecule has 0 atom stereocenters. The lowest BCUT2D eigenvalue weighted by molar-refractivity contribution is -0.126. The molecule has 1 aliphatic heterocycles. The largest absolute Gasteiger partial charge is 0.474 e. The van der Waals surface area contributed by atoms with E-state index < -0.39 is 5.41 Å². The lowest BCUT2D eigenvalue weighted by Gasteiger charge is -2.24. The lowest BCUT2D eigenvalue weighted by atomic mass is 9.80. The molecular weight excluding hydrogens is 314 g/mol. The Morgan fingerprint density at radius 3 is 2.64 bits per heavy atom. The second-order valence-corrected chi connectivity index (χ2v) is 7.36. The second kappa shape index (κ2) is 9.09. The first-order valence-electron chi connectivity index (χ1n) is 9.29. The van der Waals surface area contributed by atoms with Crippen molar-refractivity contribution in [3.8, 4) is 5.88 Å². The highest BCUT2D eigenvalue weighted by atomic mass is 16.5. The number of piperidine rings is 1. The Morgan fingerprint density at radius 1 is 1.36 bits per heavy atom. The zero-order valence-corrected chi connectivity index (χ0v) is 16.0. The SMILES string of the molecule is CCCC(=O)C(C)(C)C/C(=N\C)c1ccc(OC2CCNCC2)nc1. The lowest BCUT2D eigenvalue weighted by Crippen LogP contribution is -2.34. The van der Waals surface area contributed by atoms with Crippen LogP contribution in [0.15, 0.2) is 23.3 Å². The molecule has 1 aromatic heterocycles. The van der Waals surface area contributed by atoms with Crippen LogP contribution in [0.5, 0.6) is 5.88 Å². The van der Waals surface area contributed by atoms with Crippen LogP contribution in [0.3, 0.4) is 0 Å². The Kier molecular flexibility index (Phi) is 7.12. The first-order valence-corrected chi connectivity index (χ1v) is 9.29. The van der Waals surface area contributed by atoms with Gasteiger partial charge >= 0.3 is 0 Å².